The fourth-order valence-corrected chi connectivity index (χ4v) is 3.74. The molecule has 1 saturated carbocycles. The van der Waals surface area contributed by atoms with Gasteiger partial charge in [-0.1, -0.05) is 6.92 Å². The van der Waals surface area contributed by atoms with E-state index < -0.39 is 6.10 Å². The molecule has 0 saturated heterocycles. The normalized spacial score (nSPS) is 24.2. The van der Waals surface area contributed by atoms with Crippen molar-refractivity contribution >= 4 is 27.3 Å². The molecule has 0 spiro atoms. The summed E-state index contributed by atoms with van der Waals surface area (Å²) in [4.78, 5) is 1.16. The molecule has 96 valence electrons. The average molecular weight is 327 g/mol. The van der Waals surface area contributed by atoms with Gasteiger partial charge in [0, 0.05) is 17.2 Å². The van der Waals surface area contributed by atoms with Crippen LogP contribution in [-0.4, -0.2) is 5.11 Å². The van der Waals surface area contributed by atoms with Crippen molar-refractivity contribution in [2.75, 3.05) is 0 Å². The fourth-order valence-electron chi connectivity index (χ4n) is 2.22. The van der Waals surface area contributed by atoms with E-state index in [4.69, 9.17) is 4.42 Å². The van der Waals surface area contributed by atoms with Gasteiger partial charge >= 0.3 is 0 Å². The molecular formula is C14H15BrO2S. The average Bonchev–Trinajstić information content (AvgIpc) is 2.79. The van der Waals surface area contributed by atoms with Crippen LogP contribution in [0.4, 0.5) is 0 Å². The Morgan fingerprint density at radius 3 is 2.83 bits per heavy atom. The molecule has 0 amide bonds. The van der Waals surface area contributed by atoms with Crippen molar-refractivity contribution in [3.8, 4) is 0 Å². The highest BCUT2D eigenvalue weighted by Gasteiger charge is 2.36. The number of aliphatic hydroxyl groups excluding tert-OH is 1. The standard InChI is InChI=1S/C14H15BrO2S/c1-8-6-10(8)12-3-4-13(17-12)11(16)7-9-2-5-14(15)18-9/h2-5,8,10-11,16H,6-7H2,1H3. The minimum absolute atomic E-state index is 0.543. The van der Waals surface area contributed by atoms with Gasteiger partial charge in [-0.3, -0.25) is 0 Å². The minimum atomic E-state index is -0.543. The van der Waals surface area contributed by atoms with E-state index in [-0.39, 0.29) is 0 Å². The summed E-state index contributed by atoms with van der Waals surface area (Å²) in [7, 11) is 0. The van der Waals surface area contributed by atoms with E-state index in [1.165, 1.54) is 6.42 Å². The number of aliphatic hydroxyl groups is 1. The Balaban J connectivity index is 1.68. The second kappa shape index (κ2) is 4.83. The molecule has 2 heterocycles. The molecule has 1 fully saturated rings. The number of hydrogen-bond donors (Lipinski definition) is 1. The van der Waals surface area contributed by atoms with Crippen LogP contribution in [0.1, 0.15) is 41.8 Å². The third kappa shape index (κ3) is 2.56. The third-order valence-corrected chi connectivity index (χ3v) is 5.12. The summed E-state index contributed by atoms with van der Waals surface area (Å²) >= 11 is 5.08. The van der Waals surface area contributed by atoms with Crippen molar-refractivity contribution in [3.05, 3.63) is 44.4 Å². The van der Waals surface area contributed by atoms with E-state index in [0.717, 1.165) is 20.3 Å². The van der Waals surface area contributed by atoms with Gasteiger partial charge in [-0.2, -0.15) is 0 Å². The molecule has 0 radical (unpaired) electrons. The maximum absolute atomic E-state index is 10.2. The molecule has 1 aliphatic carbocycles. The summed E-state index contributed by atoms with van der Waals surface area (Å²) in [6, 6.07) is 7.96. The van der Waals surface area contributed by atoms with E-state index in [9.17, 15) is 5.11 Å². The van der Waals surface area contributed by atoms with Crippen LogP contribution < -0.4 is 0 Å². The van der Waals surface area contributed by atoms with Crippen LogP contribution in [0.15, 0.2) is 32.5 Å². The smallest absolute Gasteiger partial charge is 0.133 e. The largest absolute Gasteiger partial charge is 0.463 e. The van der Waals surface area contributed by atoms with Crippen molar-refractivity contribution < 1.29 is 9.52 Å². The first-order chi connectivity index (χ1) is 8.63. The van der Waals surface area contributed by atoms with Crippen molar-refractivity contribution in [2.24, 2.45) is 5.92 Å². The molecule has 3 rings (SSSR count). The van der Waals surface area contributed by atoms with Gasteiger partial charge in [0.1, 0.15) is 17.6 Å². The van der Waals surface area contributed by atoms with Gasteiger partial charge in [-0.25, -0.2) is 0 Å². The van der Waals surface area contributed by atoms with Crippen LogP contribution in [0.2, 0.25) is 0 Å². The number of rotatable bonds is 4. The van der Waals surface area contributed by atoms with Crippen LogP contribution in [0.3, 0.4) is 0 Å². The molecule has 3 unspecified atom stereocenters. The Morgan fingerprint density at radius 2 is 2.22 bits per heavy atom. The van der Waals surface area contributed by atoms with Crippen molar-refractivity contribution in [1.82, 2.24) is 0 Å². The minimum Gasteiger partial charge on any atom is -0.463 e. The van der Waals surface area contributed by atoms with Crippen LogP contribution in [-0.2, 0) is 6.42 Å². The molecule has 4 heteroatoms. The summed E-state index contributed by atoms with van der Waals surface area (Å²) < 4.78 is 6.86. The monoisotopic (exact) mass is 326 g/mol. The molecular weight excluding hydrogens is 312 g/mol. The number of hydrogen-bond acceptors (Lipinski definition) is 3. The van der Waals surface area contributed by atoms with Gasteiger partial charge in [-0.05, 0) is 52.5 Å². The van der Waals surface area contributed by atoms with Crippen LogP contribution in [0.25, 0.3) is 0 Å². The highest BCUT2D eigenvalue weighted by atomic mass is 79.9. The molecule has 2 nitrogen and oxygen atoms in total. The molecule has 1 aliphatic rings. The lowest BCUT2D eigenvalue weighted by Gasteiger charge is -2.05. The van der Waals surface area contributed by atoms with Gasteiger partial charge in [-0.15, -0.1) is 11.3 Å². The first-order valence-corrected chi connectivity index (χ1v) is 7.76. The van der Waals surface area contributed by atoms with Gasteiger partial charge in [0.15, 0.2) is 0 Å². The lowest BCUT2D eigenvalue weighted by Crippen LogP contribution is -1.98. The van der Waals surface area contributed by atoms with Crippen LogP contribution in [0.5, 0.6) is 0 Å². The fraction of sp³-hybridized carbons (Fsp3) is 0.429. The van der Waals surface area contributed by atoms with E-state index in [0.29, 0.717) is 18.1 Å². The maximum atomic E-state index is 10.2. The summed E-state index contributed by atoms with van der Waals surface area (Å²) in [5.74, 6) is 3.02. The van der Waals surface area contributed by atoms with Crippen LogP contribution >= 0.6 is 27.3 Å². The zero-order valence-electron chi connectivity index (χ0n) is 10.1. The van der Waals surface area contributed by atoms with E-state index >= 15 is 0 Å². The SMILES string of the molecule is CC1CC1c1ccc(C(O)Cc2ccc(Br)s2)o1. The Kier molecular flexibility index (Phi) is 3.34. The number of thiophene rings is 1. The Hall–Kier alpha value is -0.580. The quantitative estimate of drug-likeness (QED) is 0.897. The first-order valence-electron chi connectivity index (χ1n) is 6.15. The molecule has 18 heavy (non-hydrogen) atoms. The summed E-state index contributed by atoms with van der Waals surface area (Å²) in [6.45, 7) is 2.23. The molecule has 1 N–H and O–H groups in total. The second-order valence-electron chi connectivity index (χ2n) is 4.99. The predicted molar refractivity (Wildman–Crippen MR) is 75.9 cm³/mol. The number of halogens is 1. The summed E-state index contributed by atoms with van der Waals surface area (Å²) in [6.07, 6.45) is 1.28. The maximum Gasteiger partial charge on any atom is 0.133 e. The van der Waals surface area contributed by atoms with Crippen molar-refractivity contribution in [1.29, 1.82) is 0 Å². The van der Waals surface area contributed by atoms with Gasteiger partial charge in [0.25, 0.3) is 0 Å². The molecule has 0 aliphatic heterocycles. The molecule has 0 aromatic carbocycles. The molecule has 3 atom stereocenters. The van der Waals surface area contributed by atoms with Crippen molar-refractivity contribution in [2.45, 2.75) is 31.8 Å². The predicted octanol–water partition coefficient (Wildman–Crippen LogP) is 4.50. The Morgan fingerprint density at radius 1 is 1.44 bits per heavy atom. The summed E-state index contributed by atoms with van der Waals surface area (Å²) in [5.41, 5.74) is 0. The topological polar surface area (TPSA) is 33.4 Å². The van der Waals surface area contributed by atoms with Gasteiger partial charge in [0.05, 0.1) is 3.79 Å². The Bertz CT molecular complexity index is 545. The highest BCUT2D eigenvalue weighted by Crippen LogP contribution is 2.47. The first kappa shape index (κ1) is 12.5. The van der Waals surface area contributed by atoms with Crippen molar-refractivity contribution in [3.63, 3.8) is 0 Å². The Labute approximate surface area is 119 Å². The van der Waals surface area contributed by atoms with E-state index in [1.54, 1.807) is 11.3 Å². The second-order valence-corrected chi connectivity index (χ2v) is 7.53. The third-order valence-electron chi connectivity index (χ3n) is 3.47. The molecule has 2 aromatic heterocycles. The van der Waals surface area contributed by atoms with Gasteiger partial charge < -0.3 is 9.52 Å². The zero-order chi connectivity index (χ0) is 12.7. The molecule has 2 aromatic rings. The summed E-state index contributed by atoms with van der Waals surface area (Å²) in [5, 5.41) is 10.2. The van der Waals surface area contributed by atoms with E-state index in [1.807, 2.05) is 24.3 Å². The van der Waals surface area contributed by atoms with E-state index in [2.05, 4.69) is 22.9 Å². The lowest BCUT2D eigenvalue weighted by molar-refractivity contribution is 0.149. The number of furan rings is 1. The zero-order valence-corrected chi connectivity index (χ0v) is 12.5. The lowest BCUT2D eigenvalue weighted by atomic mass is 10.2. The highest BCUT2D eigenvalue weighted by molar-refractivity contribution is 9.11. The van der Waals surface area contributed by atoms with Crippen LogP contribution in [0, 0.1) is 5.92 Å². The van der Waals surface area contributed by atoms with Gasteiger partial charge in [0.2, 0.25) is 0 Å². The molecule has 0 bridgehead atoms.